The maximum absolute atomic E-state index is 4.36. The van der Waals surface area contributed by atoms with E-state index in [0.29, 0.717) is 0 Å². The van der Waals surface area contributed by atoms with Crippen LogP contribution in [0.1, 0.15) is 32.8 Å². The Bertz CT molecular complexity index is 442. The van der Waals surface area contributed by atoms with E-state index in [1.165, 1.54) is 5.56 Å². The van der Waals surface area contributed by atoms with Gasteiger partial charge in [0.15, 0.2) is 5.65 Å². The summed E-state index contributed by atoms with van der Waals surface area (Å²) >= 11 is 0. The third-order valence-electron chi connectivity index (χ3n) is 2.91. The Hall–Kier alpha value is -1.38. The third kappa shape index (κ3) is 1.39. The molecule has 2 aromatic rings. The van der Waals surface area contributed by atoms with Crippen LogP contribution in [-0.2, 0) is 5.41 Å². The average molecular weight is 189 g/mol. The second-order valence-electron chi connectivity index (χ2n) is 4.21. The van der Waals surface area contributed by atoms with E-state index in [1.807, 2.05) is 16.8 Å². The van der Waals surface area contributed by atoms with Gasteiger partial charge in [-0.3, -0.25) is 0 Å². The van der Waals surface area contributed by atoms with Crippen LogP contribution < -0.4 is 0 Å². The molecule has 3 heteroatoms. The van der Waals surface area contributed by atoms with E-state index in [4.69, 9.17) is 0 Å². The zero-order valence-electron chi connectivity index (χ0n) is 8.86. The van der Waals surface area contributed by atoms with Crippen LogP contribution in [0.2, 0.25) is 0 Å². The van der Waals surface area contributed by atoms with Crippen molar-refractivity contribution in [3.63, 3.8) is 0 Å². The van der Waals surface area contributed by atoms with Crippen molar-refractivity contribution in [2.75, 3.05) is 0 Å². The van der Waals surface area contributed by atoms with E-state index in [-0.39, 0.29) is 5.41 Å². The third-order valence-corrected chi connectivity index (χ3v) is 2.91. The van der Waals surface area contributed by atoms with Crippen molar-refractivity contribution < 1.29 is 0 Å². The van der Waals surface area contributed by atoms with Crippen LogP contribution in [0.3, 0.4) is 0 Å². The zero-order valence-corrected chi connectivity index (χ0v) is 8.86. The van der Waals surface area contributed by atoms with Gasteiger partial charge in [0.05, 0.1) is 6.20 Å². The number of hydrogen-bond donors (Lipinski definition) is 0. The lowest BCUT2D eigenvalue weighted by Crippen LogP contribution is -2.16. The Balaban J connectivity index is 2.53. The van der Waals surface area contributed by atoms with E-state index in [2.05, 4.69) is 37.1 Å². The Morgan fingerprint density at radius 2 is 2.21 bits per heavy atom. The van der Waals surface area contributed by atoms with Crippen molar-refractivity contribution in [1.82, 2.24) is 14.6 Å². The molecule has 0 aliphatic heterocycles. The van der Waals surface area contributed by atoms with Crippen LogP contribution in [0.15, 0.2) is 24.7 Å². The van der Waals surface area contributed by atoms with Gasteiger partial charge in [-0.1, -0.05) is 20.8 Å². The number of fused-ring (bicyclic) bond motifs is 1. The first kappa shape index (κ1) is 9.19. The fourth-order valence-corrected chi connectivity index (χ4v) is 1.36. The lowest BCUT2D eigenvalue weighted by molar-refractivity contribution is 0.500. The molecule has 74 valence electrons. The molecule has 14 heavy (non-hydrogen) atoms. The molecule has 0 amide bonds. The summed E-state index contributed by atoms with van der Waals surface area (Å²) in [6.45, 7) is 6.63. The summed E-state index contributed by atoms with van der Waals surface area (Å²) in [6.07, 6.45) is 6.87. The highest BCUT2D eigenvalue weighted by molar-refractivity contribution is 5.37. The van der Waals surface area contributed by atoms with Gasteiger partial charge in [-0.25, -0.2) is 9.50 Å². The predicted octanol–water partition coefficient (Wildman–Crippen LogP) is 2.42. The lowest BCUT2D eigenvalue weighted by Gasteiger charge is -2.22. The van der Waals surface area contributed by atoms with E-state index in [0.717, 1.165) is 12.1 Å². The summed E-state index contributed by atoms with van der Waals surface area (Å²) < 4.78 is 1.83. The van der Waals surface area contributed by atoms with Crippen LogP contribution in [0.4, 0.5) is 0 Å². The molecule has 0 fully saturated rings. The van der Waals surface area contributed by atoms with Gasteiger partial charge in [0.2, 0.25) is 0 Å². The number of aromatic nitrogens is 3. The number of rotatable bonds is 2. The normalized spacial score (nSPS) is 12.2. The van der Waals surface area contributed by atoms with Crippen molar-refractivity contribution in [2.45, 2.75) is 32.6 Å². The van der Waals surface area contributed by atoms with Crippen LogP contribution >= 0.6 is 0 Å². The minimum atomic E-state index is 0.174. The summed E-state index contributed by atoms with van der Waals surface area (Å²) in [7, 11) is 0. The SMILES string of the molecule is CCC(C)(C)c1cnc2ccnn2c1. The van der Waals surface area contributed by atoms with Gasteiger partial charge in [-0.05, 0) is 17.4 Å². The summed E-state index contributed by atoms with van der Waals surface area (Å²) in [5.41, 5.74) is 2.31. The van der Waals surface area contributed by atoms with Crippen LogP contribution in [-0.4, -0.2) is 14.6 Å². The first-order chi connectivity index (χ1) is 6.63. The van der Waals surface area contributed by atoms with Crippen molar-refractivity contribution >= 4 is 5.65 Å². The predicted molar refractivity (Wildman–Crippen MR) is 56.3 cm³/mol. The van der Waals surface area contributed by atoms with Crippen molar-refractivity contribution in [3.8, 4) is 0 Å². The molecule has 0 spiro atoms. The second-order valence-corrected chi connectivity index (χ2v) is 4.21. The quantitative estimate of drug-likeness (QED) is 0.726. The molecule has 0 aliphatic rings. The number of hydrogen-bond acceptors (Lipinski definition) is 2. The molecule has 0 atom stereocenters. The summed E-state index contributed by atoms with van der Waals surface area (Å²) in [5.74, 6) is 0. The van der Waals surface area contributed by atoms with Gasteiger partial charge < -0.3 is 0 Å². The monoisotopic (exact) mass is 189 g/mol. The Morgan fingerprint density at radius 1 is 1.43 bits per heavy atom. The van der Waals surface area contributed by atoms with Gasteiger partial charge in [0.25, 0.3) is 0 Å². The molecule has 0 N–H and O–H groups in total. The van der Waals surface area contributed by atoms with Crippen molar-refractivity contribution in [2.24, 2.45) is 0 Å². The zero-order chi connectivity index (χ0) is 10.2. The molecule has 0 saturated heterocycles. The van der Waals surface area contributed by atoms with Crippen molar-refractivity contribution in [3.05, 3.63) is 30.2 Å². The molecule has 0 bridgehead atoms. The van der Waals surface area contributed by atoms with E-state index < -0.39 is 0 Å². The van der Waals surface area contributed by atoms with Gasteiger partial charge in [-0.15, -0.1) is 0 Å². The molecule has 0 unspecified atom stereocenters. The minimum Gasteiger partial charge on any atom is -0.237 e. The number of nitrogens with zero attached hydrogens (tertiary/aromatic N) is 3. The van der Waals surface area contributed by atoms with E-state index in [9.17, 15) is 0 Å². The Labute approximate surface area is 83.8 Å². The molecule has 2 aromatic heterocycles. The maximum atomic E-state index is 4.36. The molecule has 3 nitrogen and oxygen atoms in total. The van der Waals surface area contributed by atoms with Crippen LogP contribution in [0.25, 0.3) is 5.65 Å². The fourth-order valence-electron chi connectivity index (χ4n) is 1.36. The van der Waals surface area contributed by atoms with Gasteiger partial charge in [0, 0.05) is 18.5 Å². The largest absolute Gasteiger partial charge is 0.237 e. The maximum Gasteiger partial charge on any atom is 0.154 e. The first-order valence-corrected chi connectivity index (χ1v) is 4.93. The molecule has 0 saturated carbocycles. The molecule has 2 heterocycles. The average Bonchev–Trinajstić information content (AvgIpc) is 2.64. The van der Waals surface area contributed by atoms with Gasteiger partial charge in [0.1, 0.15) is 0 Å². The van der Waals surface area contributed by atoms with Crippen LogP contribution in [0.5, 0.6) is 0 Å². The summed E-state index contributed by atoms with van der Waals surface area (Å²) in [5, 5.41) is 4.18. The lowest BCUT2D eigenvalue weighted by atomic mass is 9.84. The highest BCUT2D eigenvalue weighted by Gasteiger charge is 2.18. The highest BCUT2D eigenvalue weighted by Crippen LogP contribution is 2.25. The van der Waals surface area contributed by atoms with Crippen LogP contribution in [0, 0.1) is 0 Å². The molecular formula is C11H15N3. The van der Waals surface area contributed by atoms with E-state index in [1.54, 1.807) is 6.20 Å². The minimum absolute atomic E-state index is 0.174. The topological polar surface area (TPSA) is 30.2 Å². The smallest absolute Gasteiger partial charge is 0.154 e. The molecular weight excluding hydrogens is 174 g/mol. The van der Waals surface area contributed by atoms with Gasteiger partial charge >= 0.3 is 0 Å². The Kier molecular flexibility index (Phi) is 2.02. The first-order valence-electron chi connectivity index (χ1n) is 4.93. The molecule has 0 aliphatic carbocycles. The molecule has 0 radical (unpaired) electrons. The summed E-state index contributed by atoms with van der Waals surface area (Å²) in [4.78, 5) is 4.36. The Morgan fingerprint density at radius 3 is 2.93 bits per heavy atom. The second kappa shape index (κ2) is 3.08. The fraction of sp³-hybridized carbons (Fsp3) is 0.455. The molecule has 0 aromatic carbocycles. The standard InChI is InChI=1S/C11H15N3/c1-4-11(2,3)9-7-12-10-5-6-13-14(10)8-9/h5-8H,4H2,1-3H3. The van der Waals surface area contributed by atoms with Gasteiger partial charge in [-0.2, -0.15) is 5.10 Å². The van der Waals surface area contributed by atoms with Crippen molar-refractivity contribution in [1.29, 1.82) is 0 Å². The molecule has 2 rings (SSSR count). The highest BCUT2D eigenvalue weighted by atomic mass is 15.2. The summed E-state index contributed by atoms with van der Waals surface area (Å²) in [6, 6.07) is 1.91. The van der Waals surface area contributed by atoms with E-state index >= 15 is 0 Å².